The lowest BCUT2D eigenvalue weighted by Gasteiger charge is -2.13. The van der Waals surface area contributed by atoms with Crippen molar-refractivity contribution >= 4 is 11.6 Å². The lowest BCUT2D eigenvalue weighted by atomic mass is 10.0. The van der Waals surface area contributed by atoms with Gasteiger partial charge < -0.3 is 10.2 Å². The van der Waals surface area contributed by atoms with Gasteiger partial charge in [-0.25, -0.2) is 4.98 Å². The highest BCUT2D eigenvalue weighted by molar-refractivity contribution is 6.30. The van der Waals surface area contributed by atoms with Crippen LogP contribution < -0.4 is 0 Å². The van der Waals surface area contributed by atoms with Crippen molar-refractivity contribution in [1.82, 2.24) is 4.98 Å². The van der Waals surface area contributed by atoms with Crippen molar-refractivity contribution in [2.45, 2.75) is 33.5 Å². The second-order valence-corrected chi connectivity index (χ2v) is 3.45. The maximum atomic E-state index is 9.21. The van der Waals surface area contributed by atoms with Crippen LogP contribution in [0.4, 0.5) is 0 Å². The maximum Gasteiger partial charge on any atom is 0.135 e. The van der Waals surface area contributed by atoms with Crippen LogP contribution in [0.25, 0.3) is 0 Å². The van der Waals surface area contributed by atoms with Gasteiger partial charge in [-0.2, -0.15) is 0 Å². The van der Waals surface area contributed by atoms with Crippen LogP contribution in [0.5, 0.6) is 0 Å². The van der Waals surface area contributed by atoms with Crippen molar-refractivity contribution in [3.8, 4) is 0 Å². The van der Waals surface area contributed by atoms with Crippen LogP contribution >= 0.6 is 11.6 Å². The van der Waals surface area contributed by atoms with E-state index < -0.39 is 0 Å². The SMILES string of the molecule is CCc1c(C)nc(Cl)c(CO)c1CO. The van der Waals surface area contributed by atoms with Crippen LogP contribution in [-0.2, 0) is 19.6 Å². The van der Waals surface area contributed by atoms with Gasteiger partial charge in [0.1, 0.15) is 5.15 Å². The van der Waals surface area contributed by atoms with Gasteiger partial charge in [0.15, 0.2) is 0 Å². The van der Waals surface area contributed by atoms with Gasteiger partial charge in [-0.1, -0.05) is 18.5 Å². The van der Waals surface area contributed by atoms with Gasteiger partial charge in [-0.3, -0.25) is 0 Å². The normalized spacial score (nSPS) is 10.6. The number of aryl methyl sites for hydroxylation is 1. The predicted molar refractivity (Wildman–Crippen MR) is 55.2 cm³/mol. The third-order valence-electron chi connectivity index (χ3n) is 2.35. The summed E-state index contributed by atoms with van der Waals surface area (Å²) in [6.07, 6.45) is 0.777. The molecule has 0 radical (unpaired) electrons. The van der Waals surface area contributed by atoms with Gasteiger partial charge in [0.2, 0.25) is 0 Å². The minimum atomic E-state index is -0.186. The molecule has 0 spiro atoms. The zero-order valence-electron chi connectivity index (χ0n) is 8.34. The van der Waals surface area contributed by atoms with Crippen molar-refractivity contribution in [3.05, 3.63) is 27.5 Å². The number of halogens is 1. The highest BCUT2D eigenvalue weighted by atomic mass is 35.5. The Balaban J connectivity index is 3.43. The molecule has 0 aliphatic carbocycles. The molecule has 3 nitrogen and oxygen atoms in total. The summed E-state index contributed by atoms with van der Waals surface area (Å²) in [5, 5.41) is 18.6. The standard InChI is InChI=1S/C10H14ClNO2/c1-3-7-6(2)12-10(11)9(5-14)8(7)4-13/h13-14H,3-5H2,1-2H3. The molecule has 0 saturated heterocycles. The quantitative estimate of drug-likeness (QED) is 0.753. The monoisotopic (exact) mass is 215 g/mol. The largest absolute Gasteiger partial charge is 0.392 e. The minimum Gasteiger partial charge on any atom is -0.392 e. The fourth-order valence-corrected chi connectivity index (χ4v) is 1.93. The topological polar surface area (TPSA) is 53.4 Å². The summed E-state index contributed by atoms with van der Waals surface area (Å²) in [4.78, 5) is 4.12. The molecule has 2 N–H and O–H groups in total. The van der Waals surface area contributed by atoms with E-state index in [1.807, 2.05) is 13.8 Å². The van der Waals surface area contributed by atoms with E-state index in [0.29, 0.717) is 11.1 Å². The summed E-state index contributed by atoms with van der Waals surface area (Å²) in [6.45, 7) is 3.54. The maximum absolute atomic E-state index is 9.21. The highest BCUT2D eigenvalue weighted by Gasteiger charge is 2.13. The molecule has 0 atom stereocenters. The Morgan fingerprint density at radius 3 is 2.14 bits per heavy atom. The zero-order valence-corrected chi connectivity index (χ0v) is 9.10. The van der Waals surface area contributed by atoms with Crippen LogP contribution in [0.3, 0.4) is 0 Å². The number of aliphatic hydroxyl groups excluding tert-OH is 2. The Hall–Kier alpha value is -0.640. The number of nitrogens with zero attached hydrogens (tertiary/aromatic N) is 1. The second kappa shape index (κ2) is 4.73. The minimum absolute atomic E-state index is 0.109. The molecule has 1 aromatic rings. The van der Waals surface area contributed by atoms with Crippen molar-refractivity contribution in [3.63, 3.8) is 0 Å². The van der Waals surface area contributed by atoms with E-state index in [1.165, 1.54) is 0 Å². The Kier molecular flexibility index (Phi) is 3.86. The van der Waals surface area contributed by atoms with E-state index in [2.05, 4.69) is 4.98 Å². The zero-order chi connectivity index (χ0) is 10.7. The van der Waals surface area contributed by atoms with Crippen LogP contribution in [-0.4, -0.2) is 15.2 Å². The molecule has 0 aromatic carbocycles. The van der Waals surface area contributed by atoms with Gasteiger partial charge >= 0.3 is 0 Å². The molecule has 0 amide bonds. The van der Waals surface area contributed by atoms with Crippen LogP contribution in [0.1, 0.15) is 29.3 Å². The Morgan fingerprint density at radius 1 is 1.14 bits per heavy atom. The van der Waals surface area contributed by atoms with E-state index in [1.54, 1.807) is 0 Å². The molecule has 0 fully saturated rings. The molecule has 4 heteroatoms. The number of rotatable bonds is 3. The van der Waals surface area contributed by atoms with Gasteiger partial charge in [0, 0.05) is 11.3 Å². The molecular formula is C10H14ClNO2. The average molecular weight is 216 g/mol. The highest BCUT2D eigenvalue weighted by Crippen LogP contribution is 2.24. The second-order valence-electron chi connectivity index (χ2n) is 3.09. The van der Waals surface area contributed by atoms with E-state index in [-0.39, 0.29) is 18.4 Å². The number of pyridine rings is 1. The number of hydrogen-bond donors (Lipinski definition) is 2. The van der Waals surface area contributed by atoms with Crippen LogP contribution in [0.15, 0.2) is 0 Å². The molecule has 1 heterocycles. The van der Waals surface area contributed by atoms with Crippen LogP contribution in [0, 0.1) is 6.92 Å². The van der Waals surface area contributed by atoms with Crippen LogP contribution in [0.2, 0.25) is 5.15 Å². The van der Waals surface area contributed by atoms with Gasteiger partial charge in [0.25, 0.3) is 0 Å². The molecular weight excluding hydrogens is 202 g/mol. The third kappa shape index (κ3) is 1.90. The summed E-state index contributed by atoms with van der Waals surface area (Å²) in [5.74, 6) is 0. The molecule has 0 aliphatic heterocycles. The molecule has 14 heavy (non-hydrogen) atoms. The first-order valence-electron chi connectivity index (χ1n) is 4.54. The van der Waals surface area contributed by atoms with Gasteiger partial charge in [-0.05, 0) is 24.5 Å². The molecule has 0 bridgehead atoms. The van der Waals surface area contributed by atoms with E-state index in [9.17, 15) is 5.11 Å². The van der Waals surface area contributed by atoms with Crippen molar-refractivity contribution in [2.75, 3.05) is 0 Å². The molecule has 78 valence electrons. The molecule has 1 rings (SSSR count). The Morgan fingerprint density at radius 2 is 1.71 bits per heavy atom. The average Bonchev–Trinajstić information content (AvgIpc) is 2.16. The lowest BCUT2D eigenvalue weighted by molar-refractivity contribution is 0.258. The fraction of sp³-hybridized carbons (Fsp3) is 0.500. The Bertz CT molecular complexity index is 311. The van der Waals surface area contributed by atoms with Crippen molar-refractivity contribution in [2.24, 2.45) is 0 Å². The molecule has 1 aromatic heterocycles. The summed E-state index contributed by atoms with van der Waals surface area (Å²) in [7, 11) is 0. The lowest BCUT2D eigenvalue weighted by Crippen LogP contribution is -2.05. The van der Waals surface area contributed by atoms with E-state index in [0.717, 1.165) is 17.7 Å². The summed E-state index contributed by atoms with van der Waals surface area (Å²) in [6, 6.07) is 0. The fourth-order valence-electron chi connectivity index (χ4n) is 1.63. The van der Waals surface area contributed by atoms with Crippen molar-refractivity contribution in [1.29, 1.82) is 0 Å². The van der Waals surface area contributed by atoms with E-state index >= 15 is 0 Å². The molecule has 0 unspecified atom stereocenters. The predicted octanol–water partition coefficient (Wildman–Crippen LogP) is 1.59. The summed E-state index contributed by atoms with van der Waals surface area (Å²) < 4.78 is 0. The smallest absolute Gasteiger partial charge is 0.135 e. The summed E-state index contributed by atoms with van der Waals surface area (Å²) >= 11 is 5.86. The molecule has 0 saturated carbocycles. The van der Waals surface area contributed by atoms with Gasteiger partial charge in [-0.15, -0.1) is 0 Å². The first-order chi connectivity index (χ1) is 6.65. The first kappa shape index (κ1) is 11.4. The van der Waals surface area contributed by atoms with Gasteiger partial charge in [0.05, 0.1) is 13.2 Å². The summed E-state index contributed by atoms with van der Waals surface area (Å²) in [5.41, 5.74) is 3.05. The van der Waals surface area contributed by atoms with E-state index in [4.69, 9.17) is 16.7 Å². The van der Waals surface area contributed by atoms with Crippen molar-refractivity contribution < 1.29 is 10.2 Å². The number of aliphatic hydroxyl groups is 2. The first-order valence-corrected chi connectivity index (χ1v) is 4.91. The molecule has 0 aliphatic rings. The third-order valence-corrected chi connectivity index (χ3v) is 2.66. The number of aromatic nitrogens is 1. The number of hydrogen-bond acceptors (Lipinski definition) is 3. The Labute approximate surface area is 88.4 Å².